The maximum atomic E-state index is 14.6. The summed E-state index contributed by atoms with van der Waals surface area (Å²) in [6.45, 7) is -1.02. The van der Waals surface area contributed by atoms with Crippen molar-refractivity contribution in [2.24, 2.45) is 5.92 Å². The van der Waals surface area contributed by atoms with Gasteiger partial charge in [0.05, 0.1) is 28.2 Å². The van der Waals surface area contributed by atoms with E-state index in [-0.39, 0.29) is 28.3 Å². The second kappa shape index (κ2) is 6.48. The molecule has 10 heteroatoms. The topological polar surface area (TPSA) is 75.1 Å². The Morgan fingerprint density at radius 1 is 1.41 bits per heavy atom. The number of rotatable bonds is 4. The van der Waals surface area contributed by atoms with E-state index in [4.69, 9.17) is 11.6 Å². The van der Waals surface area contributed by atoms with Gasteiger partial charge in [-0.1, -0.05) is 11.6 Å². The van der Waals surface area contributed by atoms with Gasteiger partial charge >= 0.3 is 0 Å². The van der Waals surface area contributed by atoms with Gasteiger partial charge in [0.2, 0.25) is 5.91 Å². The number of benzene rings is 1. The highest BCUT2D eigenvalue weighted by atomic mass is 35.5. The Hall–Kier alpha value is -3.07. The van der Waals surface area contributed by atoms with Crippen molar-refractivity contribution in [1.82, 2.24) is 19.8 Å². The molecule has 2 atom stereocenters. The van der Waals surface area contributed by atoms with Gasteiger partial charge in [0.25, 0.3) is 0 Å². The average Bonchev–Trinajstić information content (AvgIpc) is 3.08. The number of alkyl halides is 2. The molecular formula is C19H13ClF3N5O. The summed E-state index contributed by atoms with van der Waals surface area (Å²) in [5, 5.41) is 13.6. The van der Waals surface area contributed by atoms with E-state index in [0.717, 1.165) is 0 Å². The van der Waals surface area contributed by atoms with Gasteiger partial charge in [0, 0.05) is 28.8 Å². The molecule has 0 spiro atoms. The van der Waals surface area contributed by atoms with Crippen LogP contribution in [0.4, 0.5) is 19.0 Å². The SMILES string of the molecule is O=C(Nc1cc2cc(-c3c(Cl)c(F)c(CF)c4[nH]ncc34)ccn2n1)[C@@H]1C[C@@H]1F. The molecule has 1 saturated carbocycles. The largest absolute Gasteiger partial charge is 0.309 e. The van der Waals surface area contributed by atoms with Crippen LogP contribution in [0.15, 0.2) is 30.6 Å². The van der Waals surface area contributed by atoms with E-state index in [1.807, 2.05) is 0 Å². The molecule has 2 N–H and O–H groups in total. The second-order valence-corrected chi connectivity index (χ2v) is 7.31. The number of amides is 1. The normalized spacial score (nSPS) is 18.5. The van der Waals surface area contributed by atoms with E-state index in [9.17, 15) is 18.0 Å². The fourth-order valence-corrected chi connectivity index (χ4v) is 3.77. The average molecular weight is 420 g/mol. The number of nitrogens with zero attached hydrogens (tertiary/aromatic N) is 3. The standard InChI is InChI=1S/C19H13ClF3N5O/c20-16-15(12-7-24-26-18(12)11(6-21)17(16)23)8-1-2-28-9(3-8)4-14(27-28)25-19(29)10-5-13(10)22/h1-4,7,10,13H,5-6H2,(H,24,26)(H,25,27,29)/t10-,13+/m1/s1. The summed E-state index contributed by atoms with van der Waals surface area (Å²) in [6, 6.07) is 5.00. The summed E-state index contributed by atoms with van der Waals surface area (Å²) in [5.41, 5.74) is 1.62. The van der Waals surface area contributed by atoms with Gasteiger partial charge in [0.1, 0.15) is 18.7 Å². The first-order chi connectivity index (χ1) is 14.0. The van der Waals surface area contributed by atoms with E-state index >= 15 is 0 Å². The number of hydrogen-bond acceptors (Lipinski definition) is 3. The zero-order chi connectivity index (χ0) is 20.3. The lowest BCUT2D eigenvalue weighted by atomic mass is 9.99. The molecule has 5 rings (SSSR count). The minimum Gasteiger partial charge on any atom is -0.309 e. The first kappa shape index (κ1) is 18.0. The van der Waals surface area contributed by atoms with Crippen LogP contribution in [0.25, 0.3) is 27.5 Å². The van der Waals surface area contributed by atoms with Crippen LogP contribution in [0, 0.1) is 11.7 Å². The third-order valence-corrected chi connectivity index (χ3v) is 5.43. The summed E-state index contributed by atoms with van der Waals surface area (Å²) in [7, 11) is 0. The molecule has 29 heavy (non-hydrogen) atoms. The molecule has 6 nitrogen and oxygen atoms in total. The highest BCUT2D eigenvalue weighted by Gasteiger charge is 2.43. The number of aromatic nitrogens is 4. The maximum absolute atomic E-state index is 14.6. The van der Waals surface area contributed by atoms with Crippen LogP contribution in [0.3, 0.4) is 0 Å². The second-order valence-electron chi connectivity index (χ2n) is 6.94. The van der Waals surface area contributed by atoms with Crippen molar-refractivity contribution in [2.45, 2.75) is 19.3 Å². The van der Waals surface area contributed by atoms with Crippen molar-refractivity contribution in [3.05, 3.63) is 47.0 Å². The molecule has 0 aliphatic heterocycles. The fourth-order valence-electron chi connectivity index (χ4n) is 3.45. The van der Waals surface area contributed by atoms with Crippen molar-refractivity contribution in [3.8, 4) is 11.1 Å². The highest BCUT2D eigenvalue weighted by Crippen LogP contribution is 2.40. The lowest BCUT2D eigenvalue weighted by Gasteiger charge is -2.11. The number of carbonyl (C=O) groups excluding carboxylic acids is 1. The van der Waals surface area contributed by atoms with Gasteiger partial charge in [-0.05, 0) is 24.1 Å². The molecule has 0 saturated heterocycles. The van der Waals surface area contributed by atoms with Crippen LogP contribution < -0.4 is 5.32 Å². The number of hydrogen-bond donors (Lipinski definition) is 2. The molecule has 3 heterocycles. The molecular weight excluding hydrogens is 407 g/mol. The molecule has 1 amide bonds. The van der Waals surface area contributed by atoms with Crippen molar-refractivity contribution in [3.63, 3.8) is 0 Å². The number of pyridine rings is 1. The van der Waals surface area contributed by atoms with E-state index in [1.54, 1.807) is 24.4 Å². The zero-order valence-electron chi connectivity index (χ0n) is 14.7. The summed E-state index contributed by atoms with van der Waals surface area (Å²) in [5.74, 6) is -1.59. The smallest absolute Gasteiger partial charge is 0.231 e. The first-order valence-corrected chi connectivity index (χ1v) is 9.19. The Morgan fingerprint density at radius 3 is 2.93 bits per heavy atom. The van der Waals surface area contributed by atoms with E-state index in [1.165, 1.54) is 10.7 Å². The van der Waals surface area contributed by atoms with Crippen LogP contribution in [0.1, 0.15) is 12.0 Å². The third-order valence-electron chi connectivity index (χ3n) is 5.07. The summed E-state index contributed by atoms with van der Waals surface area (Å²) in [6.07, 6.45) is 2.21. The Kier molecular flexibility index (Phi) is 4.02. The first-order valence-electron chi connectivity index (χ1n) is 8.81. The lowest BCUT2D eigenvalue weighted by Crippen LogP contribution is -2.15. The fraction of sp³-hybridized carbons (Fsp3) is 0.211. The number of H-pyrrole nitrogens is 1. The van der Waals surface area contributed by atoms with Crippen LogP contribution in [0.5, 0.6) is 0 Å². The van der Waals surface area contributed by atoms with Gasteiger partial charge in [-0.2, -0.15) is 10.2 Å². The van der Waals surface area contributed by atoms with E-state index in [0.29, 0.717) is 22.0 Å². The predicted molar refractivity (Wildman–Crippen MR) is 102 cm³/mol. The van der Waals surface area contributed by atoms with Gasteiger partial charge in [0.15, 0.2) is 5.82 Å². The molecule has 1 aliphatic carbocycles. The maximum Gasteiger partial charge on any atom is 0.231 e. The number of halogens is 4. The van der Waals surface area contributed by atoms with Crippen molar-refractivity contribution in [2.75, 3.05) is 5.32 Å². The molecule has 0 radical (unpaired) electrons. The van der Waals surface area contributed by atoms with Crippen LogP contribution in [-0.2, 0) is 11.5 Å². The zero-order valence-corrected chi connectivity index (χ0v) is 15.5. The lowest BCUT2D eigenvalue weighted by molar-refractivity contribution is -0.117. The molecule has 4 aromatic rings. The minimum atomic E-state index is -1.10. The molecule has 3 aromatic heterocycles. The molecule has 1 aliphatic rings. The van der Waals surface area contributed by atoms with Crippen molar-refractivity contribution >= 4 is 39.7 Å². The van der Waals surface area contributed by atoms with Crippen LogP contribution >= 0.6 is 11.6 Å². The highest BCUT2D eigenvalue weighted by molar-refractivity contribution is 6.35. The van der Waals surface area contributed by atoms with Gasteiger partial charge in [-0.25, -0.2) is 17.7 Å². The Morgan fingerprint density at radius 2 is 2.21 bits per heavy atom. The third kappa shape index (κ3) is 2.84. The minimum absolute atomic E-state index is 0.173. The number of fused-ring (bicyclic) bond motifs is 2. The van der Waals surface area contributed by atoms with Gasteiger partial charge in [-0.3, -0.25) is 9.89 Å². The van der Waals surface area contributed by atoms with Crippen molar-refractivity contribution < 1.29 is 18.0 Å². The predicted octanol–water partition coefficient (Wildman–Crippen LogP) is 4.44. The van der Waals surface area contributed by atoms with E-state index in [2.05, 4.69) is 20.6 Å². The van der Waals surface area contributed by atoms with E-state index < -0.39 is 30.5 Å². The summed E-state index contributed by atoms with van der Waals surface area (Å²) in [4.78, 5) is 11.9. The number of carbonyl (C=O) groups is 1. The molecule has 0 bridgehead atoms. The monoisotopic (exact) mass is 419 g/mol. The summed E-state index contributed by atoms with van der Waals surface area (Å²) >= 11 is 6.23. The quantitative estimate of drug-likeness (QED) is 0.513. The van der Waals surface area contributed by atoms with Crippen LogP contribution in [0.2, 0.25) is 5.02 Å². The summed E-state index contributed by atoms with van der Waals surface area (Å²) < 4.78 is 42.5. The number of nitrogens with one attached hydrogen (secondary N) is 2. The number of aromatic amines is 1. The Balaban J connectivity index is 1.58. The molecule has 1 fully saturated rings. The molecule has 0 unspecified atom stereocenters. The Bertz CT molecular complexity index is 1280. The van der Waals surface area contributed by atoms with Gasteiger partial charge in [-0.15, -0.1) is 0 Å². The van der Waals surface area contributed by atoms with Gasteiger partial charge < -0.3 is 5.32 Å². The van der Waals surface area contributed by atoms with Crippen molar-refractivity contribution in [1.29, 1.82) is 0 Å². The number of anilines is 1. The molecule has 1 aromatic carbocycles. The molecule has 148 valence electrons. The Labute approximate surface area is 166 Å². The van der Waals surface area contributed by atoms with Crippen LogP contribution in [-0.4, -0.2) is 31.9 Å².